The Balaban J connectivity index is 2.24. The molecule has 0 spiro atoms. The van der Waals surface area contributed by atoms with Crippen molar-refractivity contribution in [2.24, 2.45) is 5.92 Å². The van der Waals surface area contributed by atoms with Gasteiger partial charge in [-0.25, -0.2) is 0 Å². The Kier molecular flexibility index (Phi) is 3.13. The normalized spacial score (nSPS) is 33.3. The third-order valence-corrected chi connectivity index (χ3v) is 2.38. The molecule has 1 N–H and O–H groups in total. The molecule has 0 radical (unpaired) electrons. The zero-order valence-corrected chi connectivity index (χ0v) is 7.29. The molecule has 1 aliphatic carbocycles. The van der Waals surface area contributed by atoms with Gasteiger partial charge in [-0.05, 0) is 18.8 Å². The summed E-state index contributed by atoms with van der Waals surface area (Å²) in [7, 11) is 0. The van der Waals surface area contributed by atoms with Gasteiger partial charge in [-0.1, -0.05) is 32.0 Å². The molecule has 0 amide bonds. The first kappa shape index (κ1) is 7.99. The number of nitrogens with one attached hydrogen (secondary N) is 1. The van der Waals surface area contributed by atoms with Gasteiger partial charge < -0.3 is 5.32 Å². The van der Waals surface area contributed by atoms with Crippen LogP contribution < -0.4 is 5.32 Å². The van der Waals surface area contributed by atoms with Crippen molar-refractivity contribution >= 4 is 17.7 Å². The fourth-order valence-electron chi connectivity index (χ4n) is 1.68. The Morgan fingerprint density at radius 2 is 2.30 bits per heavy atom. The Labute approximate surface area is 68.2 Å². The molecule has 0 heterocycles. The number of hydrogen-bond donors (Lipinski definition) is 1. The minimum Gasteiger partial charge on any atom is -0.379 e. The lowest BCUT2D eigenvalue weighted by Gasteiger charge is -2.26. The van der Waals surface area contributed by atoms with Crippen LogP contribution >= 0.6 is 12.2 Å². The summed E-state index contributed by atoms with van der Waals surface area (Å²) < 4.78 is 0. The minimum absolute atomic E-state index is 0.668. The van der Waals surface area contributed by atoms with E-state index in [0.717, 1.165) is 5.92 Å². The second-order valence-corrected chi connectivity index (χ2v) is 3.49. The van der Waals surface area contributed by atoms with Gasteiger partial charge in [0.1, 0.15) is 0 Å². The maximum Gasteiger partial charge on any atom is 0.0617 e. The van der Waals surface area contributed by atoms with Gasteiger partial charge in [0.2, 0.25) is 0 Å². The lowest BCUT2D eigenvalue weighted by Crippen LogP contribution is -2.31. The van der Waals surface area contributed by atoms with Crippen LogP contribution in [-0.4, -0.2) is 11.5 Å². The maximum atomic E-state index is 4.74. The zero-order chi connectivity index (χ0) is 7.40. The second-order valence-electron chi connectivity index (χ2n) is 3.25. The van der Waals surface area contributed by atoms with Gasteiger partial charge >= 0.3 is 0 Å². The van der Waals surface area contributed by atoms with Crippen molar-refractivity contribution in [2.45, 2.75) is 38.6 Å². The molecular formula is C8H15NS. The first-order valence-corrected chi connectivity index (χ1v) is 4.49. The average Bonchev–Trinajstić information content (AvgIpc) is 1.88. The van der Waals surface area contributed by atoms with E-state index in [1.54, 1.807) is 5.49 Å². The quantitative estimate of drug-likeness (QED) is 0.616. The molecule has 2 atom stereocenters. The number of thiocarbonyl (C=S) groups is 1. The van der Waals surface area contributed by atoms with E-state index < -0.39 is 0 Å². The molecule has 0 aromatic rings. The third-order valence-electron chi connectivity index (χ3n) is 2.24. The summed E-state index contributed by atoms with van der Waals surface area (Å²) in [5.41, 5.74) is 1.66. The Morgan fingerprint density at radius 1 is 1.50 bits per heavy atom. The molecule has 0 aromatic carbocycles. The van der Waals surface area contributed by atoms with Gasteiger partial charge in [0.25, 0.3) is 0 Å². The molecule has 1 fully saturated rings. The van der Waals surface area contributed by atoms with E-state index in [4.69, 9.17) is 12.2 Å². The standard InChI is InChI=1S/C8H15NS/c1-7-3-2-4-8(5-7)9-6-10/h6-8H,2-5H2,1H3,(H,9,10). The molecule has 58 valence electrons. The van der Waals surface area contributed by atoms with Crippen LogP contribution in [0.3, 0.4) is 0 Å². The van der Waals surface area contributed by atoms with E-state index in [1.807, 2.05) is 0 Å². The molecule has 1 aliphatic rings. The summed E-state index contributed by atoms with van der Waals surface area (Å²) in [6.45, 7) is 2.32. The molecule has 0 aromatic heterocycles. The summed E-state index contributed by atoms with van der Waals surface area (Å²) in [5.74, 6) is 0.890. The maximum absolute atomic E-state index is 4.74. The van der Waals surface area contributed by atoms with Crippen molar-refractivity contribution in [3.05, 3.63) is 0 Å². The Morgan fingerprint density at radius 3 is 2.90 bits per heavy atom. The lowest BCUT2D eigenvalue weighted by atomic mass is 9.87. The predicted octanol–water partition coefficient (Wildman–Crippen LogP) is 2.11. The van der Waals surface area contributed by atoms with Gasteiger partial charge in [-0.2, -0.15) is 0 Å². The fourth-order valence-corrected chi connectivity index (χ4v) is 1.87. The zero-order valence-electron chi connectivity index (χ0n) is 6.47. The topological polar surface area (TPSA) is 12.0 Å². The summed E-state index contributed by atoms with van der Waals surface area (Å²) in [5, 5.41) is 3.20. The monoisotopic (exact) mass is 157 g/mol. The van der Waals surface area contributed by atoms with Gasteiger partial charge in [-0.15, -0.1) is 0 Å². The molecule has 1 rings (SSSR count). The van der Waals surface area contributed by atoms with Crippen LogP contribution in [0.15, 0.2) is 0 Å². The van der Waals surface area contributed by atoms with Gasteiger partial charge in [0, 0.05) is 6.04 Å². The van der Waals surface area contributed by atoms with Gasteiger partial charge in [-0.3, -0.25) is 0 Å². The molecule has 1 saturated carbocycles. The van der Waals surface area contributed by atoms with E-state index in [9.17, 15) is 0 Å². The van der Waals surface area contributed by atoms with E-state index in [0.29, 0.717) is 6.04 Å². The van der Waals surface area contributed by atoms with Crippen LogP contribution in [0.4, 0.5) is 0 Å². The third kappa shape index (κ3) is 2.25. The fraction of sp³-hybridized carbons (Fsp3) is 0.875. The van der Waals surface area contributed by atoms with E-state index in [-0.39, 0.29) is 0 Å². The first-order chi connectivity index (χ1) is 4.83. The molecule has 1 nitrogen and oxygen atoms in total. The molecule has 0 bridgehead atoms. The van der Waals surface area contributed by atoms with Crippen molar-refractivity contribution in [1.29, 1.82) is 0 Å². The Hall–Kier alpha value is -0.110. The largest absolute Gasteiger partial charge is 0.379 e. The van der Waals surface area contributed by atoms with Crippen LogP contribution in [0.1, 0.15) is 32.6 Å². The summed E-state index contributed by atoms with van der Waals surface area (Å²) in [6.07, 6.45) is 5.36. The van der Waals surface area contributed by atoms with E-state index in [2.05, 4.69) is 12.2 Å². The summed E-state index contributed by atoms with van der Waals surface area (Å²) in [6, 6.07) is 0.668. The van der Waals surface area contributed by atoms with E-state index in [1.165, 1.54) is 25.7 Å². The molecule has 2 unspecified atom stereocenters. The lowest BCUT2D eigenvalue weighted by molar-refractivity contribution is 0.328. The summed E-state index contributed by atoms with van der Waals surface area (Å²) >= 11 is 4.74. The Bertz CT molecular complexity index is 114. The van der Waals surface area contributed by atoms with Crippen LogP contribution in [-0.2, 0) is 0 Å². The van der Waals surface area contributed by atoms with Crippen molar-refractivity contribution in [2.75, 3.05) is 0 Å². The smallest absolute Gasteiger partial charge is 0.0617 e. The highest BCUT2D eigenvalue weighted by atomic mass is 32.1. The number of rotatable bonds is 2. The predicted molar refractivity (Wildman–Crippen MR) is 48.2 cm³/mol. The molecule has 0 saturated heterocycles. The van der Waals surface area contributed by atoms with Crippen LogP contribution in [0.25, 0.3) is 0 Å². The van der Waals surface area contributed by atoms with Crippen molar-refractivity contribution in [3.63, 3.8) is 0 Å². The molecular weight excluding hydrogens is 142 g/mol. The SMILES string of the molecule is CC1CCCC(NC=S)C1. The average molecular weight is 157 g/mol. The minimum atomic E-state index is 0.668. The van der Waals surface area contributed by atoms with Gasteiger partial charge in [0.05, 0.1) is 5.49 Å². The van der Waals surface area contributed by atoms with Crippen LogP contribution in [0.5, 0.6) is 0 Å². The van der Waals surface area contributed by atoms with Crippen LogP contribution in [0.2, 0.25) is 0 Å². The highest BCUT2D eigenvalue weighted by Gasteiger charge is 2.16. The molecule has 10 heavy (non-hydrogen) atoms. The first-order valence-electron chi connectivity index (χ1n) is 4.02. The van der Waals surface area contributed by atoms with Crippen molar-refractivity contribution < 1.29 is 0 Å². The number of hydrogen-bond acceptors (Lipinski definition) is 1. The van der Waals surface area contributed by atoms with E-state index >= 15 is 0 Å². The van der Waals surface area contributed by atoms with Gasteiger partial charge in [0.15, 0.2) is 0 Å². The van der Waals surface area contributed by atoms with Crippen LogP contribution in [0, 0.1) is 5.92 Å². The van der Waals surface area contributed by atoms with Crippen molar-refractivity contribution in [1.82, 2.24) is 5.32 Å². The second kappa shape index (κ2) is 3.91. The highest BCUT2D eigenvalue weighted by Crippen LogP contribution is 2.22. The highest BCUT2D eigenvalue weighted by molar-refractivity contribution is 7.78. The molecule has 2 heteroatoms. The summed E-state index contributed by atoms with van der Waals surface area (Å²) in [4.78, 5) is 0. The van der Waals surface area contributed by atoms with Crippen molar-refractivity contribution in [3.8, 4) is 0 Å². The molecule has 0 aliphatic heterocycles.